The van der Waals surface area contributed by atoms with Crippen molar-refractivity contribution in [2.75, 3.05) is 6.61 Å². The van der Waals surface area contributed by atoms with Crippen molar-refractivity contribution < 1.29 is 25.2 Å². The minimum Gasteiger partial charge on any atom is -0.394 e. The van der Waals surface area contributed by atoms with Gasteiger partial charge in [-0.05, 0) is 29.7 Å². The van der Waals surface area contributed by atoms with Crippen LogP contribution in [0.15, 0.2) is 48.5 Å². The van der Waals surface area contributed by atoms with Gasteiger partial charge in [-0.15, -0.1) is 10.2 Å². The van der Waals surface area contributed by atoms with Crippen LogP contribution in [0, 0.1) is 6.92 Å². The Morgan fingerprint density at radius 2 is 1.62 bits per heavy atom. The summed E-state index contributed by atoms with van der Waals surface area (Å²) in [5.74, 6) is 0. The summed E-state index contributed by atoms with van der Waals surface area (Å²) in [7, 11) is 0. The molecule has 0 radical (unpaired) electrons. The number of aliphatic hydroxyl groups is 4. The summed E-state index contributed by atoms with van der Waals surface area (Å²) in [5.41, 5.74) is 3.54. The van der Waals surface area contributed by atoms with Crippen molar-refractivity contribution in [3.63, 3.8) is 0 Å². The van der Waals surface area contributed by atoms with Crippen molar-refractivity contribution in [2.45, 2.75) is 37.4 Å². The quantitative estimate of drug-likeness (QED) is 0.513. The average Bonchev–Trinajstić information content (AvgIpc) is 3.19. The molecule has 29 heavy (non-hydrogen) atoms. The molecule has 4 N–H and O–H groups in total. The number of hydrogen-bond donors (Lipinski definition) is 4. The van der Waals surface area contributed by atoms with E-state index in [0.717, 1.165) is 26.7 Å². The first-order valence-corrected chi connectivity index (χ1v) is 10.1. The molecular weight excluding hydrogens is 392 g/mol. The van der Waals surface area contributed by atoms with Gasteiger partial charge in [0.15, 0.2) is 0 Å². The van der Waals surface area contributed by atoms with Crippen molar-refractivity contribution in [1.29, 1.82) is 0 Å². The Morgan fingerprint density at radius 1 is 0.897 bits per heavy atom. The number of benzene rings is 2. The smallest absolute Gasteiger partial charge is 0.147 e. The van der Waals surface area contributed by atoms with Crippen LogP contribution in [-0.4, -0.2) is 61.6 Å². The third-order valence-electron chi connectivity index (χ3n) is 5.10. The number of hydrogen-bond acceptors (Lipinski definition) is 8. The fraction of sp³-hybridized carbons (Fsp3) is 0.333. The van der Waals surface area contributed by atoms with Crippen LogP contribution in [0.1, 0.15) is 16.7 Å². The molecule has 152 valence electrons. The fourth-order valence-corrected chi connectivity index (χ4v) is 4.19. The number of rotatable bonds is 4. The minimum absolute atomic E-state index is 0.451. The highest BCUT2D eigenvalue weighted by Gasteiger charge is 2.43. The lowest BCUT2D eigenvalue weighted by Gasteiger charge is -2.40. The molecule has 3 aromatic rings. The van der Waals surface area contributed by atoms with Crippen molar-refractivity contribution in [3.8, 4) is 21.7 Å². The van der Waals surface area contributed by atoms with E-state index >= 15 is 0 Å². The molecule has 0 bridgehead atoms. The summed E-state index contributed by atoms with van der Waals surface area (Å²) >= 11 is 1.54. The highest BCUT2D eigenvalue weighted by molar-refractivity contribution is 7.14. The van der Waals surface area contributed by atoms with E-state index in [1.165, 1.54) is 11.3 Å². The number of ether oxygens (including phenoxy) is 1. The van der Waals surface area contributed by atoms with Gasteiger partial charge in [0.25, 0.3) is 0 Å². The molecule has 0 amide bonds. The van der Waals surface area contributed by atoms with Crippen LogP contribution >= 0.6 is 11.3 Å². The molecular formula is C21H22N2O5S. The maximum Gasteiger partial charge on any atom is 0.147 e. The molecule has 4 rings (SSSR count). The van der Waals surface area contributed by atoms with Crippen molar-refractivity contribution >= 4 is 11.3 Å². The van der Waals surface area contributed by atoms with Gasteiger partial charge >= 0.3 is 0 Å². The van der Waals surface area contributed by atoms with Crippen LogP contribution in [-0.2, 0) is 4.74 Å². The van der Waals surface area contributed by atoms with Gasteiger partial charge in [0.1, 0.15) is 40.5 Å². The van der Waals surface area contributed by atoms with Gasteiger partial charge in [0.05, 0.1) is 6.61 Å². The topological polar surface area (TPSA) is 116 Å². The highest BCUT2D eigenvalue weighted by Crippen LogP contribution is 2.34. The Morgan fingerprint density at radius 3 is 2.28 bits per heavy atom. The van der Waals surface area contributed by atoms with Gasteiger partial charge in [-0.2, -0.15) is 0 Å². The zero-order valence-electron chi connectivity index (χ0n) is 15.7. The predicted molar refractivity (Wildman–Crippen MR) is 108 cm³/mol. The molecule has 2 heterocycles. The van der Waals surface area contributed by atoms with E-state index in [2.05, 4.69) is 10.2 Å². The first-order chi connectivity index (χ1) is 14.0. The summed E-state index contributed by atoms with van der Waals surface area (Å²) in [4.78, 5) is 0. The third-order valence-corrected chi connectivity index (χ3v) is 5.99. The molecule has 1 aliphatic heterocycles. The molecule has 0 unspecified atom stereocenters. The van der Waals surface area contributed by atoms with Crippen LogP contribution in [0.5, 0.6) is 0 Å². The van der Waals surface area contributed by atoms with Crippen molar-refractivity contribution in [2.24, 2.45) is 0 Å². The second kappa shape index (κ2) is 8.27. The number of aromatic nitrogens is 2. The van der Waals surface area contributed by atoms with E-state index < -0.39 is 37.1 Å². The molecule has 1 fully saturated rings. The fourth-order valence-electron chi connectivity index (χ4n) is 3.49. The van der Waals surface area contributed by atoms with Crippen LogP contribution in [0.25, 0.3) is 21.7 Å². The molecule has 0 saturated carbocycles. The SMILES string of the molecule is Cc1nnc(-c2ccc(-c3cccc([C@H]4O[C@H](CO)[C@@H](O)[C@H](O)[C@@H]4O)c3)cc2)s1. The van der Waals surface area contributed by atoms with E-state index in [1.54, 1.807) is 6.07 Å². The first-order valence-electron chi connectivity index (χ1n) is 9.29. The summed E-state index contributed by atoms with van der Waals surface area (Å²) in [5, 5.41) is 49.8. The lowest BCUT2D eigenvalue weighted by Crippen LogP contribution is -2.55. The second-order valence-corrected chi connectivity index (χ2v) is 8.26. The standard InChI is InChI=1S/C21H22N2O5S/c1-11-22-23-21(29-11)13-7-5-12(6-8-13)14-3-2-4-15(9-14)20-19(27)18(26)17(25)16(10-24)28-20/h2-9,16-20,24-27H,10H2,1H3/t16-,17-,18+,19+,20-/m1/s1. The molecule has 1 saturated heterocycles. The van der Waals surface area contributed by atoms with Gasteiger partial charge in [0.2, 0.25) is 0 Å². The average molecular weight is 414 g/mol. The molecule has 1 aromatic heterocycles. The second-order valence-electron chi connectivity index (χ2n) is 7.08. The molecule has 1 aliphatic rings. The number of nitrogens with zero attached hydrogens (tertiary/aromatic N) is 2. The van der Waals surface area contributed by atoms with Gasteiger partial charge in [-0.25, -0.2) is 0 Å². The van der Waals surface area contributed by atoms with Gasteiger partial charge in [-0.1, -0.05) is 53.8 Å². The van der Waals surface area contributed by atoms with Crippen LogP contribution in [0.3, 0.4) is 0 Å². The molecule has 5 atom stereocenters. The predicted octanol–water partition coefficient (Wildman–Crippen LogP) is 1.70. The molecule has 7 nitrogen and oxygen atoms in total. The largest absolute Gasteiger partial charge is 0.394 e. The Bertz CT molecular complexity index is 975. The lowest BCUT2D eigenvalue weighted by atomic mass is 9.90. The molecule has 8 heteroatoms. The van der Waals surface area contributed by atoms with E-state index in [4.69, 9.17) is 4.74 Å². The summed E-state index contributed by atoms with van der Waals surface area (Å²) in [6.45, 7) is 1.47. The minimum atomic E-state index is -1.40. The Hall–Kier alpha value is -2.20. The van der Waals surface area contributed by atoms with Crippen molar-refractivity contribution in [3.05, 3.63) is 59.1 Å². The first kappa shape index (κ1) is 20.1. The summed E-state index contributed by atoms with van der Waals surface area (Å²) < 4.78 is 5.66. The zero-order chi connectivity index (χ0) is 20.5. The van der Waals surface area contributed by atoms with Gasteiger partial charge in [-0.3, -0.25) is 0 Å². The van der Waals surface area contributed by atoms with E-state index in [9.17, 15) is 20.4 Å². The Kier molecular flexibility index (Phi) is 5.73. The highest BCUT2D eigenvalue weighted by atomic mass is 32.1. The molecule has 0 spiro atoms. The summed E-state index contributed by atoms with van der Waals surface area (Å²) in [6.07, 6.45) is -5.85. The Labute approximate surface area is 171 Å². The maximum atomic E-state index is 10.4. The van der Waals surface area contributed by atoms with E-state index in [0.29, 0.717) is 5.56 Å². The zero-order valence-corrected chi connectivity index (χ0v) is 16.5. The monoisotopic (exact) mass is 414 g/mol. The molecule has 0 aliphatic carbocycles. The normalized spacial score (nSPS) is 27.1. The van der Waals surface area contributed by atoms with Gasteiger partial charge < -0.3 is 25.2 Å². The number of aliphatic hydroxyl groups excluding tert-OH is 4. The third kappa shape index (κ3) is 3.95. The summed E-state index contributed by atoms with van der Waals surface area (Å²) in [6, 6.07) is 15.4. The van der Waals surface area contributed by atoms with Crippen molar-refractivity contribution in [1.82, 2.24) is 10.2 Å². The van der Waals surface area contributed by atoms with E-state index in [-0.39, 0.29) is 0 Å². The number of aryl methyl sites for hydroxylation is 1. The van der Waals surface area contributed by atoms with Gasteiger partial charge in [0, 0.05) is 5.56 Å². The van der Waals surface area contributed by atoms with E-state index in [1.807, 2.05) is 49.4 Å². The van der Waals surface area contributed by atoms with Crippen LogP contribution in [0.2, 0.25) is 0 Å². The molecule has 2 aromatic carbocycles. The van der Waals surface area contributed by atoms with Crippen LogP contribution in [0.4, 0.5) is 0 Å². The Balaban J connectivity index is 1.60. The van der Waals surface area contributed by atoms with Crippen LogP contribution < -0.4 is 0 Å². The maximum absolute atomic E-state index is 10.4. The lowest BCUT2D eigenvalue weighted by molar-refractivity contribution is -0.231.